The van der Waals surface area contributed by atoms with Gasteiger partial charge < -0.3 is 9.88 Å². The maximum absolute atomic E-state index is 13.5. The van der Waals surface area contributed by atoms with Crippen LogP contribution in [0.1, 0.15) is 18.3 Å². The number of rotatable bonds is 4. The molecule has 1 N–H and O–H groups in total. The van der Waals surface area contributed by atoms with E-state index in [1.165, 1.54) is 17.7 Å². The fourth-order valence-electron chi connectivity index (χ4n) is 2.84. The second kappa shape index (κ2) is 6.19. The number of benzene rings is 1. The van der Waals surface area contributed by atoms with Crippen molar-refractivity contribution in [1.82, 2.24) is 19.1 Å². The first-order valence-corrected chi connectivity index (χ1v) is 7.99. The highest BCUT2D eigenvalue weighted by atomic mass is 19.1. The van der Waals surface area contributed by atoms with Gasteiger partial charge in [0.05, 0.1) is 6.54 Å². The minimum atomic E-state index is -0.419. The molecular formula is C17H20FN5O2. The topological polar surface area (TPSA) is 75.9 Å². The normalized spacial score (nSPS) is 11.2. The highest BCUT2D eigenvalue weighted by Gasteiger charge is 2.15. The van der Waals surface area contributed by atoms with E-state index in [4.69, 9.17) is 0 Å². The van der Waals surface area contributed by atoms with E-state index in [0.29, 0.717) is 35.6 Å². The van der Waals surface area contributed by atoms with Crippen molar-refractivity contribution in [1.29, 1.82) is 0 Å². The summed E-state index contributed by atoms with van der Waals surface area (Å²) in [6, 6.07) is 4.92. The molecule has 0 bridgehead atoms. The number of aryl methyl sites for hydroxylation is 2. The van der Waals surface area contributed by atoms with E-state index >= 15 is 0 Å². The number of anilines is 1. The molecule has 0 aliphatic heterocycles. The van der Waals surface area contributed by atoms with Gasteiger partial charge in [-0.2, -0.15) is 0 Å². The summed E-state index contributed by atoms with van der Waals surface area (Å²) in [6.45, 7) is 4.79. The molecule has 0 atom stereocenters. The summed E-state index contributed by atoms with van der Waals surface area (Å²) in [4.78, 5) is 33.7. The summed E-state index contributed by atoms with van der Waals surface area (Å²) in [5.41, 5.74) is 1.23. The van der Waals surface area contributed by atoms with E-state index in [0.717, 1.165) is 10.3 Å². The Morgan fingerprint density at radius 2 is 1.96 bits per heavy atom. The van der Waals surface area contributed by atoms with E-state index in [1.54, 1.807) is 26.1 Å². The summed E-state index contributed by atoms with van der Waals surface area (Å²) >= 11 is 0. The Morgan fingerprint density at radius 3 is 2.60 bits per heavy atom. The first-order valence-electron chi connectivity index (χ1n) is 7.99. The van der Waals surface area contributed by atoms with Gasteiger partial charge in [-0.3, -0.25) is 13.9 Å². The van der Waals surface area contributed by atoms with Gasteiger partial charge in [0, 0.05) is 26.3 Å². The lowest BCUT2D eigenvalue weighted by Crippen LogP contribution is -2.36. The van der Waals surface area contributed by atoms with Crippen LogP contribution in [0, 0.1) is 12.7 Å². The molecule has 0 unspecified atom stereocenters. The number of hydrogen-bond acceptors (Lipinski definition) is 4. The van der Waals surface area contributed by atoms with Crippen molar-refractivity contribution >= 4 is 16.9 Å². The minimum Gasteiger partial charge on any atom is -0.364 e. The Kier molecular flexibility index (Phi) is 4.20. The zero-order valence-corrected chi connectivity index (χ0v) is 14.6. The minimum absolute atomic E-state index is 0.248. The molecule has 0 spiro atoms. The van der Waals surface area contributed by atoms with Crippen LogP contribution >= 0.6 is 0 Å². The molecule has 2 aromatic heterocycles. The monoisotopic (exact) mass is 345 g/mol. The number of imidazole rings is 1. The molecule has 3 aromatic rings. The largest absolute Gasteiger partial charge is 0.364 e. The van der Waals surface area contributed by atoms with Gasteiger partial charge >= 0.3 is 5.69 Å². The van der Waals surface area contributed by atoms with Crippen LogP contribution in [-0.2, 0) is 20.6 Å². The van der Waals surface area contributed by atoms with Crippen molar-refractivity contribution in [2.24, 2.45) is 14.1 Å². The third-order valence-corrected chi connectivity index (χ3v) is 4.37. The van der Waals surface area contributed by atoms with Crippen molar-refractivity contribution < 1.29 is 4.39 Å². The van der Waals surface area contributed by atoms with E-state index in [1.807, 2.05) is 11.8 Å². The summed E-state index contributed by atoms with van der Waals surface area (Å²) < 4.78 is 15.9. The molecule has 0 saturated carbocycles. The van der Waals surface area contributed by atoms with Crippen LogP contribution in [-0.4, -0.2) is 25.6 Å². The predicted octanol–water partition coefficient (Wildman–Crippen LogP) is 1.43. The molecule has 8 heteroatoms. The molecule has 0 aliphatic rings. The lowest BCUT2D eigenvalue weighted by Gasteiger charge is -2.22. The maximum Gasteiger partial charge on any atom is 0.332 e. The van der Waals surface area contributed by atoms with Gasteiger partial charge in [-0.1, -0.05) is 0 Å². The standard InChI is InChI=1S/C17H20FN5O2/c1-5-23(11-6-7-12(18)10(2)8-11)9-13-19-14-15(20-13)21(3)17(25)22(4)16(14)24/h6-8H,5,9H2,1-4H3,(H,19,20). The molecule has 0 radical (unpaired) electrons. The van der Waals surface area contributed by atoms with Crippen LogP contribution < -0.4 is 16.1 Å². The van der Waals surface area contributed by atoms with E-state index in [9.17, 15) is 14.0 Å². The number of aromatic nitrogens is 4. The van der Waals surface area contributed by atoms with Crippen LogP contribution in [0.3, 0.4) is 0 Å². The number of hydrogen-bond donors (Lipinski definition) is 1. The number of halogens is 1. The smallest absolute Gasteiger partial charge is 0.332 e. The summed E-state index contributed by atoms with van der Waals surface area (Å²) in [6.07, 6.45) is 0. The summed E-state index contributed by atoms with van der Waals surface area (Å²) in [5, 5.41) is 0. The van der Waals surface area contributed by atoms with Gasteiger partial charge in [-0.15, -0.1) is 0 Å². The Bertz CT molecular complexity index is 1060. The molecule has 1 aromatic carbocycles. The molecule has 0 fully saturated rings. The SMILES string of the molecule is CCN(Cc1nc2c([nH]1)c(=O)n(C)c(=O)n2C)c1ccc(F)c(C)c1. The highest BCUT2D eigenvalue weighted by molar-refractivity contribution is 5.69. The maximum atomic E-state index is 13.5. The molecule has 0 aliphatic carbocycles. The van der Waals surface area contributed by atoms with Crippen molar-refractivity contribution in [3.63, 3.8) is 0 Å². The van der Waals surface area contributed by atoms with Gasteiger partial charge in [0.2, 0.25) is 0 Å². The number of nitrogens with one attached hydrogen (secondary N) is 1. The number of nitrogens with zero attached hydrogens (tertiary/aromatic N) is 4. The Labute approximate surface area is 143 Å². The molecule has 132 valence electrons. The van der Waals surface area contributed by atoms with E-state index < -0.39 is 11.2 Å². The molecule has 0 amide bonds. The Hall–Kier alpha value is -2.90. The average molecular weight is 345 g/mol. The third kappa shape index (κ3) is 2.84. The van der Waals surface area contributed by atoms with Crippen LogP contribution in [0.5, 0.6) is 0 Å². The lowest BCUT2D eigenvalue weighted by molar-refractivity contribution is 0.618. The van der Waals surface area contributed by atoms with Crippen LogP contribution in [0.4, 0.5) is 10.1 Å². The van der Waals surface area contributed by atoms with Crippen molar-refractivity contribution in [2.75, 3.05) is 11.4 Å². The van der Waals surface area contributed by atoms with Crippen molar-refractivity contribution in [3.05, 3.63) is 56.2 Å². The quantitative estimate of drug-likeness (QED) is 0.776. The fourth-order valence-corrected chi connectivity index (χ4v) is 2.84. The number of aromatic amines is 1. The molecule has 3 rings (SSSR count). The van der Waals surface area contributed by atoms with Crippen molar-refractivity contribution in [3.8, 4) is 0 Å². The summed E-state index contributed by atoms with van der Waals surface area (Å²) in [7, 11) is 3.01. The lowest BCUT2D eigenvalue weighted by atomic mass is 10.2. The van der Waals surface area contributed by atoms with Gasteiger partial charge in [0.15, 0.2) is 5.65 Å². The molecule has 25 heavy (non-hydrogen) atoms. The van der Waals surface area contributed by atoms with Crippen LogP contribution in [0.2, 0.25) is 0 Å². The van der Waals surface area contributed by atoms with Gasteiger partial charge in [0.25, 0.3) is 5.56 Å². The first-order chi connectivity index (χ1) is 11.8. The van der Waals surface area contributed by atoms with E-state index in [2.05, 4.69) is 9.97 Å². The van der Waals surface area contributed by atoms with Crippen molar-refractivity contribution in [2.45, 2.75) is 20.4 Å². The summed E-state index contributed by atoms with van der Waals surface area (Å²) in [5.74, 6) is 0.319. The van der Waals surface area contributed by atoms with Crippen LogP contribution in [0.25, 0.3) is 11.2 Å². The zero-order chi connectivity index (χ0) is 18.3. The van der Waals surface area contributed by atoms with Gasteiger partial charge in [0.1, 0.15) is 17.2 Å². The van der Waals surface area contributed by atoms with Gasteiger partial charge in [-0.05, 0) is 37.6 Å². The zero-order valence-electron chi connectivity index (χ0n) is 14.6. The first kappa shape index (κ1) is 16.9. The number of fused-ring (bicyclic) bond motifs is 1. The van der Waals surface area contributed by atoms with Gasteiger partial charge in [-0.25, -0.2) is 14.2 Å². The number of H-pyrrole nitrogens is 1. The molecular weight excluding hydrogens is 325 g/mol. The Balaban J connectivity index is 2.03. The second-order valence-electron chi connectivity index (χ2n) is 6.04. The highest BCUT2D eigenvalue weighted by Crippen LogP contribution is 2.20. The molecule has 0 saturated heterocycles. The van der Waals surface area contributed by atoms with Crippen LogP contribution in [0.15, 0.2) is 27.8 Å². The molecule has 7 nitrogen and oxygen atoms in total. The second-order valence-corrected chi connectivity index (χ2v) is 6.04. The third-order valence-electron chi connectivity index (χ3n) is 4.37. The fraction of sp³-hybridized carbons (Fsp3) is 0.353. The molecule has 2 heterocycles. The predicted molar refractivity (Wildman–Crippen MR) is 94.4 cm³/mol. The Morgan fingerprint density at radius 1 is 1.24 bits per heavy atom. The average Bonchev–Trinajstić information content (AvgIpc) is 3.02. The van der Waals surface area contributed by atoms with E-state index in [-0.39, 0.29) is 5.82 Å².